The van der Waals surface area contributed by atoms with Gasteiger partial charge < -0.3 is 18.9 Å². The molecule has 0 fully saturated rings. The Bertz CT molecular complexity index is 792. The minimum Gasteiger partial charge on any atom is -0.496 e. The van der Waals surface area contributed by atoms with Gasteiger partial charge in [-0.15, -0.1) is 0 Å². The average Bonchev–Trinajstić information content (AvgIpc) is 2.90. The Morgan fingerprint density at radius 2 is 1.65 bits per heavy atom. The van der Waals surface area contributed by atoms with Gasteiger partial charge in [0, 0.05) is 0 Å². The van der Waals surface area contributed by atoms with Gasteiger partial charge in [-0.2, -0.15) is 0 Å². The highest BCUT2D eigenvalue weighted by molar-refractivity contribution is 6.16. The van der Waals surface area contributed by atoms with Crippen LogP contribution in [0.1, 0.15) is 15.9 Å². The molecular weight excluding hydrogens is 296 g/mol. The van der Waals surface area contributed by atoms with Crippen LogP contribution >= 0.6 is 0 Å². The van der Waals surface area contributed by atoms with Crippen molar-refractivity contribution in [3.05, 3.63) is 53.3 Å². The molecular formula is C18H16O5. The van der Waals surface area contributed by atoms with Crippen LogP contribution in [0.4, 0.5) is 0 Å². The van der Waals surface area contributed by atoms with E-state index in [-0.39, 0.29) is 11.5 Å². The molecule has 0 amide bonds. The predicted molar refractivity (Wildman–Crippen MR) is 85.5 cm³/mol. The third kappa shape index (κ3) is 2.61. The number of ketones is 1. The van der Waals surface area contributed by atoms with Crippen LogP contribution in [0.2, 0.25) is 0 Å². The minimum absolute atomic E-state index is 0.202. The fraction of sp³-hybridized carbons (Fsp3) is 0.167. The number of methoxy groups -OCH3 is 3. The molecule has 23 heavy (non-hydrogen) atoms. The van der Waals surface area contributed by atoms with E-state index in [0.29, 0.717) is 28.6 Å². The Hall–Kier alpha value is -2.95. The number of benzene rings is 2. The molecule has 0 atom stereocenters. The second kappa shape index (κ2) is 6.04. The highest BCUT2D eigenvalue weighted by Gasteiger charge is 2.30. The summed E-state index contributed by atoms with van der Waals surface area (Å²) in [5, 5.41) is 0. The van der Waals surface area contributed by atoms with Crippen molar-refractivity contribution in [3.8, 4) is 23.0 Å². The van der Waals surface area contributed by atoms with Gasteiger partial charge in [0.15, 0.2) is 17.3 Å². The molecule has 0 unspecified atom stereocenters. The van der Waals surface area contributed by atoms with Crippen molar-refractivity contribution in [2.24, 2.45) is 0 Å². The monoisotopic (exact) mass is 312 g/mol. The highest BCUT2D eigenvalue weighted by atomic mass is 16.5. The molecule has 0 aliphatic carbocycles. The summed E-state index contributed by atoms with van der Waals surface area (Å²) in [6, 6.07) is 10.6. The van der Waals surface area contributed by atoms with E-state index in [1.54, 1.807) is 50.6 Å². The van der Waals surface area contributed by atoms with Crippen molar-refractivity contribution in [2.45, 2.75) is 0 Å². The van der Waals surface area contributed by atoms with E-state index in [0.717, 1.165) is 5.56 Å². The molecule has 0 saturated carbocycles. The first-order valence-corrected chi connectivity index (χ1v) is 7.01. The Kier molecular flexibility index (Phi) is 3.93. The van der Waals surface area contributed by atoms with Crippen molar-refractivity contribution in [1.29, 1.82) is 0 Å². The number of carbonyl (C=O) groups is 1. The topological polar surface area (TPSA) is 54.0 Å². The largest absolute Gasteiger partial charge is 0.496 e. The lowest BCUT2D eigenvalue weighted by molar-refractivity contribution is 0.101. The molecule has 2 aromatic rings. The first kappa shape index (κ1) is 15.0. The number of fused-ring (bicyclic) bond motifs is 1. The van der Waals surface area contributed by atoms with Crippen LogP contribution in [0.25, 0.3) is 6.08 Å². The van der Waals surface area contributed by atoms with Gasteiger partial charge >= 0.3 is 0 Å². The molecule has 0 spiro atoms. The Morgan fingerprint density at radius 3 is 2.35 bits per heavy atom. The van der Waals surface area contributed by atoms with Crippen LogP contribution in [0, 0.1) is 0 Å². The molecule has 3 rings (SSSR count). The lowest BCUT2D eigenvalue weighted by Gasteiger charge is -2.08. The zero-order valence-corrected chi connectivity index (χ0v) is 13.1. The molecule has 1 heterocycles. The number of ether oxygens (including phenoxy) is 4. The number of carbonyl (C=O) groups excluding carboxylic acids is 1. The second-order valence-electron chi connectivity index (χ2n) is 4.89. The molecule has 5 nitrogen and oxygen atoms in total. The molecule has 1 aliphatic heterocycles. The van der Waals surface area contributed by atoms with E-state index in [1.807, 2.05) is 6.07 Å². The van der Waals surface area contributed by atoms with Crippen molar-refractivity contribution >= 4 is 11.9 Å². The molecule has 1 aliphatic rings. The van der Waals surface area contributed by atoms with E-state index in [2.05, 4.69) is 0 Å². The fourth-order valence-electron chi connectivity index (χ4n) is 2.47. The van der Waals surface area contributed by atoms with E-state index in [4.69, 9.17) is 18.9 Å². The number of Topliss-reactive ketones (excluding diaryl/α,β-unsaturated/α-hetero) is 1. The Balaban J connectivity index is 1.98. The van der Waals surface area contributed by atoms with Gasteiger partial charge in [0.2, 0.25) is 5.78 Å². The predicted octanol–water partition coefficient (Wildman–Crippen LogP) is 3.33. The lowest BCUT2D eigenvalue weighted by atomic mass is 10.1. The number of hydrogen-bond donors (Lipinski definition) is 0. The molecule has 0 bridgehead atoms. The summed E-state index contributed by atoms with van der Waals surface area (Å²) in [6.45, 7) is 0. The van der Waals surface area contributed by atoms with Crippen molar-refractivity contribution in [2.75, 3.05) is 21.3 Å². The standard InChI is InChI=1S/C18H16O5/c1-20-12-8-7-11(9-15(12)22-3)10-16-18(19)17-13(21-2)5-4-6-14(17)23-16/h4-10H,1-3H3/b16-10+. The molecule has 5 heteroatoms. The zero-order valence-electron chi connectivity index (χ0n) is 13.1. The average molecular weight is 312 g/mol. The third-order valence-electron chi connectivity index (χ3n) is 3.58. The summed E-state index contributed by atoms with van der Waals surface area (Å²) in [6.07, 6.45) is 1.67. The lowest BCUT2D eigenvalue weighted by Crippen LogP contribution is -2.00. The molecule has 0 aromatic heterocycles. The smallest absolute Gasteiger partial charge is 0.235 e. The van der Waals surface area contributed by atoms with Crippen LogP contribution in [0.15, 0.2) is 42.2 Å². The molecule has 118 valence electrons. The molecule has 2 aromatic carbocycles. The number of hydrogen-bond acceptors (Lipinski definition) is 5. The Labute approximate surface area is 134 Å². The van der Waals surface area contributed by atoms with Gasteiger partial charge in [-0.3, -0.25) is 4.79 Å². The quantitative estimate of drug-likeness (QED) is 0.811. The molecule has 0 radical (unpaired) electrons. The van der Waals surface area contributed by atoms with E-state index in [9.17, 15) is 4.79 Å². The summed E-state index contributed by atoms with van der Waals surface area (Å²) in [7, 11) is 4.66. The summed E-state index contributed by atoms with van der Waals surface area (Å²) in [5.41, 5.74) is 1.22. The number of allylic oxidation sites excluding steroid dienone is 1. The van der Waals surface area contributed by atoms with E-state index in [1.165, 1.54) is 7.11 Å². The van der Waals surface area contributed by atoms with Crippen LogP contribution in [0.3, 0.4) is 0 Å². The second-order valence-corrected chi connectivity index (χ2v) is 4.89. The van der Waals surface area contributed by atoms with Crippen molar-refractivity contribution in [3.63, 3.8) is 0 Å². The van der Waals surface area contributed by atoms with Crippen molar-refractivity contribution in [1.82, 2.24) is 0 Å². The summed E-state index contributed by atoms with van der Waals surface area (Å²) in [4.78, 5) is 12.5. The van der Waals surface area contributed by atoms with Gasteiger partial charge in [0.1, 0.15) is 17.1 Å². The van der Waals surface area contributed by atoms with Gasteiger partial charge in [-0.05, 0) is 35.9 Å². The normalized spacial score (nSPS) is 14.4. The van der Waals surface area contributed by atoms with Crippen LogP contribution in [-0.4, -0.2) is 27.1 Å². The van der Waals surface area contributed by atoms with Crippen LogP contribution < -0.4 is 18.9 Å². The van der Waals surface area contributed by atoms with Gasteiger partial charge in [-0.25, -0.2) is 0 Å². The van der Waals surface area contributed by atoms with Crippen LogP contribution in [-0.2, 0) is 0 Å². The van der Waals surface area contributed by atoms with E-state index < -0.39 is 0 Å². The molecule has 0 N–H and O–H groups in total. The van der Waals surface area contributed by atoms with E-state index >= 15 is 0 Å². The minimum atomic E-state index is -0.202. The summed E-state index contributed by atoms with van der Waals surface area (Å²) < 4.78 is 21.4. The molecule has 0 saturated heterocycles. The van der Waals surface area contributed by atoms with Crippen molar-refractivity contribution < 1.29 is 23.7 Å². The van der Waals surface area contributed by atoms with Gasteiger partial charge in [0.25, 0.3) is 0 Å². The summed E-state index contributed by atoms with van der Waals surface area (Å²) in [5.74, 6) is 2.26. The van der Waals surface area contributed by atoms with Gasteiger partial charge in [0.05, 0.1) is 21.3 Å². The first-order valence-electron chi connectivity index (χ1n) is 7.01. The third-order valence-corrected chi connectivity index (χ3v) is 3.58. The maximum atomic E-state index is 12.5. The zero-order chi connectivity index (χ0) is 16.4. The fourth-order valence-corrected chi connectivity index (χ4v) is 2.47. The first-order chi connectivity index (χ1) is 11.2. The van der Waals surface area contributed by atoms with Gasteiger partial charge in [-0.1, -0.05) is 12.1 Å². The highest BCUT2D eigenvalue weighted by Crippen LogP contribution is 2.38. The SMILES string of the molecule is COc1ccc(/C=C2/Oc3cccc(OC)c3C2=O)cc1OC. The van der Waals surface area contributed by atoms with Crippen LogP contribution in [0.5, 0.6) is 23.0 Å². The maximum Gasteiger partial charge on any atom is 0.235 e. The summed E-state index contributed by atoms with van der Waals surface area (Å²) >= 11 is 0. The Morgan fingerprint density at radius 1 is 0.913 bits per heavy atom. The number of rotatable bonds is 4. The maximum absolute atomic E-state index is 12.5.